The van der Waals surface area contributed by atoms with Crippen molar-refractivity contribution in [1.29, 1.82) is 0 Å². The van der Waals surface area contributed by atoms with E-state index >= 15 is 0 Å². The maximum absolute atomic E-state index is 13.4. The van der Waals surface area contributed by atoms with Gasteiger partial charge in [-0.05, 0) is 24.1 Å². The molecule has 1 aromatic rings. The molecule has 1 amide bonds. The first-order chi connectivity index (χ1) is 10.9. The number of nitrogens with one attached hydrogen (secondary N) is 3. The van der Waals surface area contributed by atoms with Crippen molar-refractivity contribution in [3.63, 3.8) is 0 Å². The number of carbonyl (C=O) groups is 1. The number of nitrogens with zero attached hydrogens (tertiary/aromatic N) is 1. The first-order valence-corrected chi connectivity index (χ1v) is 7.86. The summed E-state index contributed by atoms with van der Waals surface area (Å²) < 4.78 is 13.4. The second-order valence-electron chi connectivity index (χ2n) is 6.02. The molecule has 0 bridgehead atoms. The van der Waals surface area contributed by atoms with Gasteiger partial charge in [-0.1, -0.05) is 32.9 Å². The number of hydrogen-bond donors (Lipinski definition) is 3. The van der Waals surface area contributed by atoms with Gasteiger partial charge in [0.25, 0.3) is 0 Å². The first kappa shape index (κ1) is 22.6. The van der Waals surface area contributed by atoms with E-state index < -0.39 is 0 Å². The first-order valence-electron chi connectivity index (χ1n) is 7.86. The van der Waals surface area contributed by atoms with Gasteiger partial charge in [0.1, 0.15) is 5.82 Å². The number of benzene rings is 1. The minimum Gasteiger partial charge on any atom is -0.356 e. The molecule has 1 rings (SSSR count). The van der Waals surface area contributed by atoms with Gasteiger partial charge in [0.15, 0.2) is 5.96 Å². The minimum absolute atomic E-state index is 0. The van der Waals surface area contributed by atoms with Crippen molar-refractivity contribution in [2.24, 2.45) is 4.99 Å². The SMILES string of the molecule is CCCNC(=O)CNC(=NC)NCC(C)(C)c1cccc(F)c1.I. The van der Waals surface area contributed by atoms with Gasteiger partial charge in [0, 0.05) is 25.6 Å². The summed E-state index contributed by atoms with van der Waals surface area (Å²) in [6.45, 7) is 7.45. The zero-order chi connectivity index (χ0) is 17.3. The third-order valence-electron chi connectivity index (χ3n) is 3.52. The smallest absolute Gasteiger partial charge is 0.239 e. The van der Waals surface area contributed by atoms with Crippen LogP contribution in [0.25, 0.3) is 0 Å². The van der Waals surface area contributed by atoms with E-state index in [4.69, 9.17) is 0 Å². The van der Waals surface area contributed by atoms with E-state index in [1.165, 1.54) is 12.1 Å². The van der Waals surface area contributed by atoms with E-state index in [-0.39, 0.29) is 47.7 Å². The van der Waals surface area contributed by atoms with Gasteiger partial charge in [0.2, 0.25) is 5.91 Å². The molecule has 0 aliphatic rings. The zero-order valence-electron chi connectivity index (χ0n) is 14.8. The summed E-state index contributed by atoms with van der Waals surface area (Å²) in [6.07, 6.45) is 0.903. The standard InChI is InChI=1S/C17H27FN4O.HI/c1-5-9-20-15(23)11-21-16(19-4)22-12-17(2,3)13-7-6-8-14(18)10-13;/h6-8,10H,5,9,11-12H2,1-4H3,(H,20,23)(H2,19,21,22);1H. The van der Waals surface area contributed by atoms with E-state index in [0.29, 0.717) is 19.0 Å². The van der Waals surface area contributed by atoms with E-state index in [9.17, 15) is 9.18 Å². The summed E-state index contributed by atoms with van der Waals surface area (Å²) in [4.78, 5) is 15.7. The Morgan fingerprint density at radius 3 is 2.54 bits per heavy atom. The summed E-state index contributed by atoms with van der Waals surface area (Å²) in [6, 6.07) is 6.58. The fraction of sp³-hybridized carbons (Fsp3) is 0.529. The lowest BCUT2D eigenvalue weighted by Crippen LogP contribution is -2.46. The molecule has 0 unspecified atom stereocenters. The van der Waals surface area contributed by atoms with Crippen LogP contribution in [0.4, 0.5) is 4.39 Å². The van der Waals surface area contributed by atoms with Crippen molar-refractivity contribution in [1.82, 2.24) is 16.0 Å². The van der Waals surface area contributed by atoms with Gasteiger partial charge >= 0.3 is 0 Å². The molecule has 0 heterocycles. The third kappa shape index (κ3) is 7.94. The molecule has 0 saturated heterocycles. The molecule has 0 saturated carbocycles. The van der Waals surface area contributed by atoms with Gasteiger partial charge in [-0.25, -0.2) is 4.39 Å². The van der Waals surface area contributed by atoms with Crippen molar-refractivity contribution in [3.05, 3.63) is 35.6 Å². The Kier molecular flexibility index (Phi) is 10.6. The lowest BCUT2D eigenvalue weighted by molar-refractivity contribution is -0.120. The van der Waals surface area contributed by atoms with Gasteiger partial charge in [-0.15, -0.1) is 24.0 Å². The summed E-state index contributed by atoms with van der Waals surface area (Å²) in [5, 5.41) is 8.93. The molecule has 3 N–H and O–H groups in total. The van der Waals surface area contributed by atoms with Crippen LogP contribution in [0.15, 0.2) is 29.3 Å². The Hall–Kier alpha value is -1.38. The number of guanidine groups is 1. The Balaban J connectivity index is 0.00000529. The Morgan fingerprint density at radius 1 is 1.25 bits per heavy atom. The predicted molar refractivity (Wildman–Crippen MR) is 108 cm³/mol. The normalized spacial score (nSPS) is 11.5. The lowest BCUT2D eigenvalue weighted by atomic mass is 9.84. The van der Waals surface area contributed by atoms with Gasteiger partial charge in [-0.2, -0.15) is 0 Å². The highest BCUT2D eigenvalue weighted by atomic mass is 127. The average Bonchev–Trinajstić information content (AvgIpc) is 2.53. The second kappa shape index (κ2) is 11.2. The Morgan fingerprint density at radius 2 is 1.96 bits per heavy atom. The lowest BCUT2D eigenvalue weighted by Gasteiger charge is -2.26. The number of aliphatic imine (C=N–C) groups is 1. The molecule has 0 aliphatic heterocycles. The molecular formula is C17H28FIN4O. The fourth-order valence-electron chi connectivity index (χ4n) is 2.03. The number of halogens is 2. The molecule has 5 nitrogen and oxygen atoms in total. The molecule has 0 aromatic heterocycles. The molecule has 0 radical (unpaired) electrons. The van der Waals surface area contributed by atoms with Crippen molar-refractivity contribution in [2.45, 2.75) is 32.6 Å². The molecule has 136 valence electrons. The second-order valence-corrected chi connectivity index (χ2v) is 6.02. The van der Waals surface area contributed by atoms with Crippen LogP contribution < -0.4 is 16.0 Å². The Bertz CT molecular complexity index is 549. The average molecular weight is 450 g/mol. The summed E-state index contributed by atoms with van der Waals surface area (Å²) >= 11 is 0. The molecule has 0 fully saturated rings. The summed E-state index contributed by atoms with van der Waals surface area (Å²) in [5.41, 5.74) is 0.630. The van der Waals surface area contributed by atoms with Crippen molar-refractivity contribution >= 4 is 35.8 Å². The van der Waals surface area contributed by atoms with Crippen LogP contribution in [0.3, 0.4) is 0 Å². The van der Waals surface area contributed by atoms with Crippen molar-refractivity contribution in [2.75, 3.05) is 26.7 Å². The van der Waals surface area contributed by atoms with E-state index in [1.54, 1.807) is 13.1 Å². The third-order valence-corrected chi connectivity index (χ3v) is 3.52. The number of hydrogen-bond acceptors (Lipinski definition) is 2. The number of rotatable bonds is 7. The van der Waals surface area contributed by atoms with Crippen LogP contribution in [0.1, 0.15) is 32.8 Å². The zero-order valence-corrected chi connectivity index (χ0v) is 17.1. The van der Waals surface area contributed by atoms with Crippen LogP contribution in [-0.4, -0.2) is 38.5 Å². The minimum atomic E-state index is -0.274. The van der Waals surface area contributed by atoms with E-state index in [0.717, 1.165) is 12.0 Å². The van der Waals surface area contributed by atoms with Crippen LogP contribution in [-0.2, 0) is 10.2 Å². The molecule has 0 aliphatic carbocycles. The molecule has 0 spiro atoms. The predicted octanol–water partition coefficient (Wildman–Crippen LogP) is 2.41. The number of carbonyl (C=O) groups excluding carboxylic acids is 1. The molecular weight excluding hydrogens is 422 g/mol. The highest BCUT2D eigenvalue weighted by molar-refractivity contribution is 14.0. The Labute approximate surface area is 160 Å². The fourth-order valence-corrected chi connectivity index (χ4v) is 2.03. The highest BCUT2D eigenvalue weighted by Crippen LogP contribution is 2.22. The van der Waals surface area contributed by atoms with E-state index in [1.807, 2.05) is 26.8 Å². The quantitative estimate of drug-likeness (QED) is 0.340. The monoisotopic (exact) mass is 450 g/mol. The molecule has 0 atom stereocenters. The van der Waals surface area contributed by atoms with Crippen LogP contribution >= 0.6 is 24.0 Å². The number of amides is 1. The highest BCUT2D eigenvalue weighted by Gasteiger charge is 2.21. The van der Waals surface area contributed by atoms with Gasteiger partial charge in [0.05, 0.1) is 6.54 Å². The van der Waals surface area contributed by atoms with Gasteiger partial charge < -0.3 is 16.0 Å². The maximum Gasteiger partial charge on any atom is 0.239 e. The summed E-state index contributed by atoms with van der Waals surface area (Å²) in [7, 11) is 1.65. The van der Waals surface area contributed by atoms with Crippen molar-refractivity contribution < 1.29 is 9.18 Å². The topological polar surface area (TPSA) is 65.5 Å². The molecule has 7 heteroatoms. The van der Waals surface area contributed by atoms with Crippen molar-refractivity contribution in [3.8, 4) is 0 Å². The largest absolute Gasteiger partial charge is 0.356 e. The van der Waals surface area contributed by atoms with E-state index in [2.05, 4.69) is 20.9 Å². The van der Waals surface area contributed by atoms with Gasteiger partial charge in [-0.3, -0.25) is 9.79 Å². The maximum atomic E-state index is 13.4. The molecule has 24 heavy (non-hydrogen) atoms. The van der Waals surface area contributed by atoms with Crippen LogP contribution in [0.5, 0.6) is 0 Å². The molecule has 1 aromatic carbocycles. The van der Waals surface area contributed by atoms with Crippen LogP contribution in [0.2, 0.25) is 0 Å². The summed E-state index contributed by atoms with van der Waals surface area (Å²) in [5.74, 6) is 0.228. The van der Waals surface area contributed by atoms with Crippen LogP contribution in [0, 0.1) is 5.82 Å².